The zero-order chi connectivity index (χ0) is 24.5. The minimum atomic E-state index is -0.510. The fourth-order valence-corrected chi connectivity index (χ4v) is 4.02. The Morgan fingerprint density at radius 2 is 1.65 bits per heavy atom. The first-order valence-electron chi connectivity index (χ1n) is 11.6. The first-order valence-corrected chi connectivity index (χ1v) is 11.6. The number of hydrogen-bond acceptors (Lipinski definition) is 4. The molecule has 2 aromatic carbocycles. The molecule has 1 fully saturated rings. The summed E-state index contributed by atoms with van der Waals surface area (Å²) >= 11 is 0. The second-order valence-electron chi connectivity index (χ2n) is 9.21. The monoisotopic (exact) mass is 457 g/mol. The highest BCUT2D eigenvalue weighted by molar-refractivity contribution is 6.01. The van der Waals surface area contributed by atoms with Gasteiger partial charge in [0.25, 0.3) is 5.91 Å². The van der Waals surface area contributed by atoms with Crippen LogP contribution in [0.25, 0.3) is 11.3 Å². The maximum Gasteiger partial charge on any atom is 0.253 e. The van der Waals surface area contributed by atoms with E-state index in [1.165, 1.54) is 0 Å². The van der Waals surface area contributed by atoms with Crippen molar-refractivity contribution in [1.29, 1.82) is 0 Å². The molecule has 176 valence electrons. The summed E-state index contributed by atoms with van der Waals surface area (Å²) in [6.07, 6.45) is 1.62. The number of nitrogens with one attached hydrogen (secondary N) is 1. The van der Waals surface area contributed by atoms with Gasteiger partial charge in [-0.2, -0.15) is 0 Å². The van der Waals surface area contributed by atoms with Gasteiger partial charge >= 0.3 is 0 Å². The molecule has 0 saturated heterocycles. The van der Waals surface area contributed by atoms with E-state index in [9.17, 15) is 9.59 Å². The van der Waals surface area contributed by atoms with Gasteiger partial charge in [0, 0.05) is 24.2 Å². The first kappa shape index (κ1) is 23.5. The van der Waals surface area contributed by atoms with Crippen LogP contribution in [0.2, 0.25) is 0 Å². The zero-order valence-electron chi connectivity index (χ0n) is 20.4. The van der Waals surface area contributed by atoms with Crippen molar-refractivity contribution in [2.75, 3.05) is 19.5 Å². The number of pyridine rings is 1. The molecule has 1 aliphatic carbocycles. The maximum absolute atomic E-state index is 13.2. The van der Waals surface area contributed by atoms with Crippen LogP contribution in [0.5, 0.6) is 5.75 Å². The fraction of sp³-hybridized carbons (Fsp3) is 0.321. The first-order chi connectivity index (χ1) is 16.2. The number of carbonyl (C=O) groups excluding carboxylic acids is 2. The molecule has 4 rings (SSSR count). The van der Waals surface area contributed by atoms with Crippen LogP contribution in [0, 0.1) is 6.92 Å². The van der Waals surface area contributed by atoms with E-state index in [0.717, 1.165) is 41.0 Å². The molecule has 2 amide bonds. The molecule has 1 N–H and O–H groups in total. The van der Waals surface area contributed by atoms with E-state index < -0.39 is 5.41 Å². The zero-order valence-corrected chi connectivity index (χ0v) is 20.4. The molecule has 6 heteroatoms. The van der Waals surface area contributed by atoms with E-state index in [4.69, 9.17) is 9.72 Å². The number of carbonyl (C=O) groups is 2. The summed E-state index contributed by atoms with van der Waals surface area (Å²) in [4.78, 5) is 32.2. The highest BCUT2D eigenvalue weighted by Gasteiger charge is 2.51. The third-order valence-electron chi connectivity index (χ3n) is 6.67. The number of aryl methyl sites for hydroxylation is 1. The Kier molecular flexibility index (Phi) is 6.42. The Morgan fingerprint density at radius 1 is 1.00 bits per heavy atom. The van der Waals surface area contributed by atoms with Gasteiger partial charge in [0.2, 0.25) is 5.91 Å². The molecule has 1 aromatic heterocycles. The lowest BCUT2D eigenvalue weighted by Gasteiger charge is -2.21. The summed E-state index contributed by atoms with van der Waals surface area (Å²) in [6.45, 7) is 5.96. The summed E-state index contributed by atoms with van der Waals surface area (Å²) in [7, 11) is 3.43. The second kappa shape index (κ2) is 9.29. The summed E-state index contributed by atoms with van der Waals surface area (Å²) in [5.41, 5.74) is 3.79. The Morgan fingerprint density at radius 3 is 2.21 bits per heavy atom. The summed E-state index contributed by atoms with van der Waals surface area (Å²) < 4.78 is 5.24. The van der Waals surface area contributed by atoms with Gasteiger partial charge in [-0.15, -0.1) is 0 Å². The number of nitrogens with zero attached hydrogens (tertiary/aromatic N) is 2. The Hall–Kier alpha value is -3.67. The molecule has 0 spiro atoms. The van der Waals surface area contributed by atoms with Gasteiger partial charge in [-0.05, 0) is 75.1 Å². The lowest BCUT2D eigenvalue weighted by molar-refractivity contribution is -0.118. The number of ether oxygens (including phenoxy) is 1. The standard InChI is InChI=1S/C28H31N3O3/c1-18(2)31(4)26(32)21-9-7-20(8-10-21)25-19(3)6-15-24(29-25)30-27(33)28(16-17-28)22-11-13-23(34-5)14-12-22/h6-15,18H,16-17H2,1-5H3,(H,29,30,33). The number of benzene rings is 2. The maximum atomic E-state index is 13.2. The highest BCUT2D eigenvalue weighted by Crippen LogP contribution is 2.49. The molecule has 0 bridgehead atoms. The van der Waals surface area contributed by atoms with E-state index in [0.29, 0.717) is 11.4 Å². The SMILES string of the molecule is COc1ccc(C2(C(=O)Nc3ccc(C)c(-c4ccc(C(=O)N(C)C(C)C)cc4)n3)CC2)cc1. The molecule has 1 heterocycles. The van der Waals surface area contributed by atoms with E-state index in [1.54, 1.807) is 19.1 Å². The number of aromatic nitrogens is 1. The lowest BCUT2D eigenvalue weighted by atomic mass is 9.95. The topological polar surface area (TPSA) is 71.5 Å². The number of anilines is 1. The predicted octanol–water partition coefficient (Wildman–Crippen LogP) is 5.22. The van der Waals surface area contributed by atoms with Crippen molar-refractivity contribution < 1.29 is 14.3 Å². The average molecular weight is 458 g/mol. The molecular weight excluding hydrogens is 426 g/mol. The van der Waals surface area contributed by atoms with Crippen molar-refractivity contribution in [3.63, 3.8) is 0 Å². The number of amides is 2. The van der Waals surface area contributed by atoms with Crippen molar-refractivity contribution in [1.82, 2.24) is 9.88 Å². The van der Waals surface area contributed by atoms with Crippen molar-refractivity contribution in [2.24, 2.45) is 0 Å². The van der Waals surface area contributed by atoms with E-state index in [2.05, 4.69) is 5.32 Å². The van der Waals surface area contributed by atoms with Crippen LogP contribution >= 0.6 is 0 Å². The number of methoxy groups -OCH3 is 1. The van der Waals surface area contributed by atoms with Crippen LogP contribution in [-0.2, 0) is 10.2 Å². The molecule has 6 nitrogen and oxygen atoms in total. The molecule has 3 aromatic rings. The molecule has 0 aliphatic heterocycles. The van der Waals surface area contributed by atoms with Gasteiger partial charge in [-0.3, -0.25) is 9.59 Å². The Labute approximate surface area is 201 Å². The minimum absolute atomic E-state index is 0.0134. The average Bonchev–Trinajstić information content (AvgIpc) is 3.66. The minimum Gasteiger partial charge on any atom is -0.497 e. The van der Waals surface area contributed by atoms with Crippen molar-refractivity contribution >= 4 is 17.6 Å². The quantitative estimate of drug-likeness (QED) is 0.528. The lowest BCUT2D eigenvalue weighted by Crippen LogP contribution is -2.32. The van der Waals surface area contributed by atoms with Crippen LogP contribution in [0.4, 0.5) is 5.82 Å². The summed E-state index contributed by atoms with van der Waals surface area (Å²) in [5.74, 6) is 1.23. The van der Waals surface area contributed by atoms with Gasteiger partial charge in [0.05, 0.1) is 18.2 Å². The van der Waals surface area contributed by atoms with Crippen molar-refractivity contribution in [3.05, 3.63) is 77.4 Å². The highest BCUT2D eigenvalue weighted by atomic mass is 16.5. The van der Waals surface area contributed by atoms with Gasteiger partial charge in [-0.25, -0.2) is 4.98 Å². The molecular formula is C28H31N3O3. The largest absolute Gasteiger partial charge is 0.497 e. The van der Waals surface area contributed by atoms with Gasteiger partial charge in [0.15, 0.2) is 0 Å². The Balaban J connectivity index is 1.53. The fourth-order valence-electron chi connectivity index (χ4n) is 4.02. The molecule has 1 saturated carbocycles. The van der Waals surface area contributed by atoms with Crippen molar-refractivity contribution in [2.45, 2.75) is 45.1 Å². The predicted molar refractivity (Wildman–Crippen MR) is 134 cm³/mol. The van der Waals surface area contributed by atoms with Gasteiger partial charge < -0.3 is 15.0 Å². The number of rotatable bonds is 7. The van der Waals surface area contributed by atoms with Gasteiger partial charge in [-0.1, -0.05) is 30.3 Å². The molecule has 0 radical (unpaired) electrons. The van der Waals surface area contributed by atoms with Crippen LogP contribution in [0.3, 0.4) is 0 Å². The molecule has 1 aliphatic rings. The molecule has 0 atom stereocenters. The third-order valence-corrected chi connectivity index (χ3v) is 6.67. The normalized spacial score (nSPS) is 13.9. The summed E-state index contributed by atoms with van der Waals surface area (Å²) in [5, 5.41) is 3.02. The van der Waals surface area contributed by atoms with Crippen LogP contribution in [0.1, 0.15) is 48.2 Å². The van der Waals surface area contributed by atoms with Crippen LogP contribution in [-0.4, -0.2) is 41.9 Å². The van der Waals surface area contributed by atoms with Gasteiger partial charge in [0.1, 0.15) is 11.6 Å². The Bertz CT molecular complexity index is 1200. The van der Waals surface area contributed by atoms with E-state index in [1.807, 2.05) is 81.4 Å². The van der Waals surface area contributed by atoms with E-state index in [-0.39, 0.29) is 17.9 Å². The third kappa shape index (κ3) is 4.53. The smallest absolute Gasteiger partial charge is 0.253 e. The number of hydrogen-bond donors (Lipinski definition) is 1. The van der Waals surface area contributed by atoms with Crippen LogP contribution in [0.15, 0.2) is 60.7 Å². The van der Waals surface area contributed by atoms with E-state index >= 15 is 0 Å². The second-order valence-corrected chi connectivity index (χ2v) is 9.21. The molecule has 34 heavy (non-hydrogen) atoms. The summed E-state index contributed by atoms with van der Waals surface area (Å²) in [6, 6.07) is 19.1. The molecule has 0 unspecified atom stereocenters. The van der Waals surface area contributed by atoms with Crippen LogP contribution < -0.4 is 10.1 Å². The van der Waals surface area contributed by atoms with Crippen molar-refractivity contribution in [3.8, 4) is 17.0 Å².